The standard InChI is InChI=1S/C15H11N5O4/c21-12(17-11-3-4-16-20-11)7-1-2-10-8(5-7)6-9-13(22)18-15(23)19-14(9)24-10/h1-5H,6H2,(H2,16,17,20,21)(H2,18,19,22,23). The van der Waals surface area contributed by atoms with E-state index in [-0.39, 0.29) is 18.2 Å². The van der Waals surface area contributed by atoms with Crippen LogP contribution in [0.4, 0.5) is 5.82 Å². The molecule has 0 atom stereocenters. The Kier molecular flexibility index (Phi) is 3.05. The highest BCUT2D eigenvalue weighted by Gasteiger charge is 2.22. The van der Waals surface area contributed by atoms with Crippen LogP contribution in [0.25, 0.3) is 0 Å². The molecule has 3 aromatic rings. The minimum absolute atomic E-state index is 0.130. The molecular weight excluding hydrogens is 314 g/mol. The maximum absolute atomic E-state index is 12.2. The van der Waals surface area contributed by atoms with Crippen molar-refractivity contribution in [3.05, 3.63) is 68.0 Å². The monoisotopic (exact) mass is 325 g/mol. The van der Waals surface area contributed by atoms with E-state index in [4.69, 9.17) is 4.74 Å². The van der Waals surface area contributed by atoms with Crippen molar-refractivity contribution >= 4 is 11.7 Å². The van der Waals surface area contributed by atoms with Crippen molar-refractivity contribution in [2.75, 3.05) is 5.32 Å². The third-order valence-corrected chi connectivity index (χ3v) is 3.65. The van der Waals surface area contributed by atoms with Crippen molar-refractivity contribution in [3.63, 3.8) is 0 Å². The van der Waals surface area contributed by atoms with E-state index in [0.717, 1.165) is 0 Å². The molecule has 9 heteroatoms. The van der Waals surface area contributed by atoms with E-state index >= 15 is 0 Å². The largest absolute Gasteiger partial charge is 0.440 e. The van der Waals surface area contributed by atoms with Crippen molar-refractivity contribution in [2.24, 2.45) is 0 Å². The Hall–Kier alpha value is -3.62. The first-order valence-corrected chi connectivity index (χ1v) is 7.07. The molecule has 1 aliphatic heterocycles. The van der Waals surface area contributed by atoms with Gasteiger partial charge in [-0.2, -0.15) is 5.10 Å². The van der Waals surface area contributed by atoms with Gasteiger partial charge < -0.3 is 10.1 Å². The molecule has 1 aliphatic rings. The highest BCUT2D eigenvalue weighted by atomic mass is 16.5. The van der Waals surface area contributed by atoms with Crippen LogP contribution in [0.5, 0.6) is 11.6 Å². The van der Waals surface area contributed by atoms with Gasteiger partial charge in [-0.1, -0.05) is 0 Å². The molecule has 4 rings (SSSR count). The smallest absolute Gasteiger partial charge is 0.328 e. The average molecular weight is 325 g/mol. The molecule has 0 fully saturated rings. The lowest BCUT2D eigenvalue weighted by atomic mass is 10.0. The summed E-state index contributed by atoms with van der Waals surface area (Å²) in [6.07, 6.45) is 1.85. The van der Waals surface area contributed by atoms with Gasteiger partial charge in [-0.05, 0) is 18.2 Å². The number of anilines is 1. The highest BCUT2D eigenvalue weighted by Crippen LogP contribution is 2.33. The van der Waals surface area contributed by atoms with Gasteiger partial charge in [-0.3, -0.25) is 24.7 Å². The second-order valence-corrected chi connectivity index (χ2v) is 5.23. The van der Waals surface area contributed by atoms with Crippen LogP contribution in [0.1, 0.15) is 21.5 Å². The summed E-state index contributed by atoms with van der Waals surface area (Å²) in [5.74, 6) is 0.699. The Morgan fingerprint density at radius 3 is 2.88 bits per heavy atom. The van der Waals surface area contributed by atoms with Gasteiger partial charge >= 0.3 is 5.69 Å². The minimum Gasteiger partial charge on any atom is -0.440 e. The minimum atomic E-state index is -0.628. The molecule has 3 heterocycles. The first-order valence-electron chi connectivity index (χ1n) is 7.07. The molecule has 1 amide bonds. The van der Waals surface area contributed by atoms with Crippen LogP contribution in [0, 0.1) is 0 Å². The zero-order chi connectivity index (χ0) is 16.7. The fraction of sp³-hybridized carbons (Fsp3) is 0.0667. The van der Waals surface area contributed by atoms with E-state index in [9.17, 15) is 14.4 Å². The molecule has 0 spiro atoms. The van der Waals surface area contributed by atoms with Crippen molar-refractivity contribution < 1.29 is 9.53 Å². The zero-order valence-electron chi connectivity index (χ0n) is 12.2. The van der Waals surface area contributed by atoms with Crippen molar-refractivity contribution in [1.82, 2.24) is 20.2 Å². The summed E-state index contributed by atoms with van der Waals surface area (Å²) >= 11 is 0. The fourth-order valence-corrected chi connectivity index (χ4v) is 2.52. The third kappa shape index (κ3) is 2.37. The number of amides is 1. The van der Waals surface area contributed by atoms with Crippen LogP contribution >= 0.6 is 0 Å². The predicted octanol–water partition coefficient (Wildman–Crippen LogP) is 0.735. The summed E-state index contributed by atoms with van der Waals surface area (Å²) in [5.41, 5.74) is 0.259. The summed E-state index contributed by atoms with van der Waals surface area (Å²) in [7, 11) is 0. The van der Waals surface area contributed by atoms with Crippen LogP contribution in [-0.2, 0) is 6.42 Å². The van der Waals surface area contributed by atoms with Gasteiger partial charge in [0, 0.05) is 29.8 Å². The third-order valence-electron chi connectivity index (χ3n) is 3.65. The van der Waals surface area contributed by atoms with Crippen LogP contribution in [0.3, 0.4) is 0 Å². The molecule has 0 aliphatic carbocycles. The first kappa shape index (κ1) is 14.0. The van der Waals surface area contributed by atoms with Gasteiger partial charge in [0.25, 0.3) is 11.5 Å². The number of fused-ring (bicyclic) bond motifs is 2. The number of nitrogens with one attached hydrogen (secondary N) is 4. The number of H-pyrrole nitrogens is 3. The maximum atomic E-state index is 12.2. The zero-order valence-corrected chi connectivity index (χ0v) is 12.2. The van der Waals surface area contributed by atoms with E-state index in [1.165, 1.54) is 0 Å². The molecule has 120 valence electrons. The molecule has 24 heavy (non-hydrogen) atoms. The van der Waals surface area contributed by atoms with Gasteiger partial charge in [0.2, 0.25) is 5.88 Å². The van der Waals surface area contributed by atoms with E-state index in [1.54, 1.807) is 30.5 Å². The fourth-order valence-electron chi connectivity index (χ4n) is 2.52. The van der Waals surface area contributed by atoms with Crippen molar-refractivity contribution in [3.8, 4) is 11.6 Å². The SMILES string of the molecule is O=C(Nc1cc[nH]n1)c1ccc2c(c1)Cc1c([nH]c(=O)[nH]c1=O)O2. The number of hydrogen-bond donors (Lipinski definition) is 4. The maximum Gasteiger partial charge on any atom is 0.328 e. The second kappa shape index (κ2) is 5.23. The van der Waals surface area contributed by atoms with Crippen LogP contribution < -0.4 is 21.3 Å². The number of aromatic nitrogens is 4. The molecule has 9 nitrogen and oxygen atoms in total. The summed E-state index contributed by atoms with van der Waals surface area (Å²) in [4.78, 5) is 40.0. The normalized spacial score (nSPS) is 12.0. The van der Waals surface area contributed by atoms with Crippen molar-refractivity contribution in [2.45, 2.75) is 6.42 Å². The summed E-state index contributed by atoms with van der Waals surface area (Å²) in [5, 5.41) is 9.11. The molecule has 0 unspecified atom stereocenters. The topological polar surface area (TPSA) is 133 Å². The lowest BCUT2D eigenvalue weighted by Crippen LogP contribution is -2.28. The predicted molar refractivity (Wildman–Crippen MR) is 83.5 cm³/mol. The number of benzene rings is 1. The Morgan fingerprint density at radius 2 is 2.08 bits per heavy atom. The van der Waals surface area contributed by atoms with Crippen LogP contribution in [0.15, 0.2) is 40.1 Å². The molecule has 0 saturated carbocycles. The second-order valence-electron chi connectivity index (χ2n) is 5.23. The Labute approximate surface area is 133 Å². The van der Waals surface area contributed by atoms with Crippen molar-refractivity contribution in [1.29, 1.82) is 0 Å². The number of carbonyl (C=O) groups excluding carboxylic acids is 1. The lowest BCUT2D eigenvalue weighted by Gasteiger charge is -2.19. The van der Waals surface area contributed by atoms with Crippen LogP contribution in [-0.4, -0.2) is 26.1 Å². The van der Waals surface area contributed by atoms with Gasteiger partial charge in [0.1, 0.15) is 5.75 Å². The Bertz CT molecular complexity index is 1050. The highest BCUT2D eigenvalue weighted by molar-refractivity contribution is 6.04. The molecule has 2 aromatic heterocycles. The number of aromatic amines is 3. The van der Waals surface area contributed by atoms with Gasteiger partial charge in [-0.25, -0.2) is 4.79 Å². The molecule has 1 aromatic carbocycles. The van der Waals surface area contributed by atoms with E-state index in [1.807, 2.05) is 0 Å². The van der Waals surface area contributed by atoms with E-state index in [2.05, 4.69) is 25.5 Å². The van der Waals surface area contributed by atoms with Gasteiger partial charge in [0.15, 0.2) is 5.82 Å². The lowest BCUT2D eigenvalue weighted by molar-refractivity contribution is 0.102. The van der Waals surface area contributed by atoms with E-state index < -0.39 is 11.2 Å². The van der Waals surface area contributed by atoms with E-state index in [0.29, 0.717) is 28.3 Å². The Balaban J connectivity index is 1.66. The number of ether oxygens (including phenoxy) is 1. The first-order chi connectivity index (χ1) is 11.6. The van der Waals surface area contributed by atoms with Gasteiger partial charge in [0.05, 0.1) is 5.56 Å². The summed E-state index contributed by atoms with van der Waals surface area (Å²) < 4.78 is 5.56. The molecule has 0 saturated heterocycles. The molecular formula is C15H11N5O4. The average Bonchev–Trinajstić information content (AvgIpc) is 3.05. The summed E-state index contributed by atoms with van der Waals surface area (Å²) in [6.45, 7) is 0. The number of nitrogens with zero attached hydrogens (tertiary/aromatic N) is 1. The molecule has 0 radical (unpaired) electrons. The van der Waals surface area contributed by atoms with Crippen LogP contribution in [0.2, 0.25) is 0 Å². The summed E-state index contributed by atoms with van der Waals surface area (Å²) in [6, 6.07) is 6.49. The molecule has 4 N–H and O–H groups in total. The number of hydrogen-bond acceptors (Lipinski definition) is 5. The van der Waals surface area contributed by atoms with Gasteiger partial charge in [-0.15, -0.1) is 0 Å². The molecule has 0 bridgehead atoms. The number of rotatable bonds is 2. The number of carbonyl (C=O) groups is 1. The Morgan fingerprint density at radius 1 is 1.21 bits per heavy atom. The quantitative estimate of drug-likeness (QED) is 0.431.